The summed E-state index contributed by atoms with van der Waals surface area (Å²) in [5, 5.41) is 1.62. The van der Waals surface area contributed by atoms with Crippen molar-refractivity contribution < 1.29 is 26.4 Å². The monoisotopic (exact) mass is 430 g/mol. The van der Waals surface area contributed by atoms with Crippen LogP contribution in [-0.2, 0) is 21.0 Å². The molecule has 0 fully saturated rings. The number of imidazole rings is 1. The van der Waals surface area contributed by atoms with E-state index in [0.717, 1.165) is 18.3 Å². The van der Waals surface area contributed by atoms with Crippen LogP contribution in [-0.4, -0.2) is 29.0 Å². The van der Waals surface area contributed by atoms with Crippen molar-refractivity contribution in [3.8, 4) is 10.8 Å². The molecule has 3 rings (SSSR count). The van der Waals surface area contributed by atoms with Crippen molar-refractivity contribution in [1.29, 1.82) is 0 Å². The van der Waals surface area contributed by atoms with Crippen molar-refractivity contribution in [2.75, 3.05) is 4.41 Å². The number of thiazole rings is 1. The van der Waals surface area contributed by atoms with E-state index in [0.29, 0.717) is 16.6 Å². The fourth-order valence-electron chi connectivity index (χ4n) is 2.38. The number of nitrogens with zero attached hydrogens (tertiary/aromatic N) is 4. The van der Waals surface area contributed by atoms with Crippen LogP contribution in [0, 0.1) is 6.92 Å². The molecule has 28 heavy (non-hydrogen) atoms. The minimum absolute atomic E-state index is 0.0440. The Labute approximate surface area is 162 Å². The number of hydrogen-bond donors (Lipinski definition) is 0. The largest absolute Gasteiger partial charge is 0.434 e. The first kappa shape index (κ1) is 20.0. The quantitative estimate of drug-likeness (QED) is 0.635. The number of alkyl halides is 3. The van der Waals surface area contributed by atoms with Gasteiger partial charge in [-0.1, -0.05) is 18.2 Å². The lowest BCUT2D eigenvalue weighted by atomic mass is 10.4. The van der Waals surface area contributed by atoms with Gasteiger partial charge in [0.05, 0.1) is 11.1 Å². The zero-order valence-electron chi connectivity index (χ0n) is 14.5. The molecule has 0 atom stereocenters. The molecule has 12 heteroatoms. The second-order valence-electron chi connectivity index (χ2n) is 5.67. The molecule has 1 amide bonds. The van der Waals surface area contributed by atoms with Crippen molar-refractivity contribution in [2.24, 2.45) is 0 Å². The van der Waals surface area contributed by atoms with E-state index in [1.807, 2.05) is 0 Å². The third-order valence-corrected chi connectivity index (χ3v) is 6.23. The number of hydrogen-bond acceptors (Lipinski definition) is 6. The number of sulfonamides is 1. The van der Waals surface area contributed by atoms with E-state index in [9.17, 15) is 26.4 Å². The average molecular weight is 430 g/mol. The third-order valence-electron chi connectivity index (χ3n) is 3.52. The first-order valence-electron chi connectivity index (χ1n) is 7.72. The highest BCUT2D eigenvalue weighted by atomic mass is 32.2. The van der Waals surface area contributed by atoms with Gasteiger partial charge in [-0.2, -0.15) is 21.6 Å². The van der Waals surface area contributed by atoms with Gasteiger partial charge >= 0.3 is 6.18 Å². The molecule has 0 spiro atoms. The summed E-state index contributed by atoms with van der Waals surface area (Å²) in [7, 11) is -4.49. The molecular weight excluding hydrogens is 417 g/mol. The molecule has 3 aromatic rings. The van der Waals surface area contributed by atoms with Gasteiger partial charge in [0.15, 0.2) is 16.5 Å². The third kappa shape index (κ3) is 3.64. The zero-order valence-corrected chi connectivity index (χ0v) is 16.1. The van der Waals surface area contributed by atoms with E-state index < -0.39 is 33.6 Å². The molecule has 0 radical (unpaired) electrons. The maximum absolute atomic E-state index is 13.2. The van der Waals surface area contributed by atoms with Crippen LogP contribution in [0.2, 0.25) is 0 Å². The molecule has 7 nitrogen and oxygen atoms in total. The fourth-order valence-corrected chi connectivity index (χ4v) is 4.55. The number of carbonyl (C=O) groups is 1. The molecule has 0 bridgehead atoms. The predicted octanol–water partition coefficient (Wildman–Crippen LogP) is 3.21. The summed E-state index contributed by atoms with van der Waals surface area (Å²) in [5.41, 5.74) is -0.826. The van der Waals surface area contributed by atoms with E-state index in [2.05, 4.69) is 9.97 Å². The summed E-state index contributed by atoms with van der Waals surface area (Å²) in [6, 6.07) is 6.91. The minimum atomic E-state index is -4.84. The number of rotatable bonds is 4. The molecule has 1 aromatic carbocycles. The van der Waals surface area contributed by atoms with Gasteiger partial charge in [-0.25, -0.2) is 14.6 Å². The Kier molecular flexibility index (Phi) is 5.02. The standard InChI is InChI=1S/C16H13F3N4O3S2/c1-10-9-27-15(20-10)14-21-13(16(17,18)19)8-22(14)23(11(2)24)28(25,26)12-6-4-3-5-7-12/h3-9H,1-2H3. The second kappa shape index (κ2) is 7.02. The zero-order chi connectivity index (χ0) is 20.7. The van der Waals surface area contributed by atoms with Crippen molar-refractivity contribution in [3.05, 3.63) is 53.3 Å². The maximum atomic E-state index is 13.2. The van der Waals surface area contributed by atoms with Crippen LogP contribution in [0.15, 0.2) is 46.8 Å². The van der Waals surface area contributed by atoms with Crippen LogP contribution in [0.4, 0.5) is 13.2 Å². The number of carbonyl (C=O) groups excluding carboxylic acids is 1. The van der Waals surface area contributed by atoms with Crippen LogP contribution in [0.3, 0.4) is 0 Å². The van der Waals surface area contributed by atoms with Gasteiger partial charge in [0.1, 0.15) is 0 Å². The minimum Gasteiger partial charge on any atom is -0.272 e. The molecule has 0 N–H and O–H groups in total. The summed E-state index contributed by atoms with van der Waals surface area (Å²) in [6.07, 6.45) is -4.38. The lowest BCUT2D eigenvalue weighted by Gasteiger charge is -2.22. The molecule has 0 saturated heterocycles. The normalized spacial score (nSPS) is 12.2. The molecule has 2 aromatic heterocycles. The van der Waals surface area contributed by atoms with Gasteiger partial charge in [-0.3, -0.25) is 4.79 Å². The number of aromatic nitrogens is 3. The van der Waals surface area contributed by atoms with E-state index in [4.69, 9.17) is 0 Å². The van der Waals surface area contributed by atoms with Gasteiger partial charge in [-0.15, -0.1) is 15.8 Å². The first-order valence-corrected chi connectivity index (χ1v) is 10.0. The van der Waals surface area contributed by atoms with Crippen LogP contribution < -0.4 is 4.41 Å². The number of halogens is 3. The van der Waals surface area contributed by atoms with Gasteiger partial charge in [0, 0.05) is 18.0 Å². The van der Waals surface area contributed by atoms with E-state index in [-0.39, 0.29) is 14.3 Å². The summed E-state index contributed by atoms with van der Waals surface area (Å²) >= 11 is 0.982. The Morgan fingerprint density at radius 1 is 1.18 bits per heavy atom. The first-order chi connectivity index (χ1) is 13.0. The lowest BCUT2D eigenvalue weighted by molar-refractivity contribution is -0.141. The predicted molar refractivity (Wildman–Crippen MR) is 95.6 cm³/mol. The molecule has 0 aliphatic rings. The summed E-state index contributed by atoms with van der Waals surface area (Å²) in [6.45, 7) is 2.56. The van der Waals surface area contributed by atoms with Crippen molar-refractivity contribution in [3.63, 3.8) is 0 Å². The Bertz CT molecular complexity index is 1120. The van der Waals surface area contributed by atoms with Crippen LogP contribution in [0.5, 0.6) is 0 Å². The van der Waals surface area contributed by atoms with Crippen LogP contribution in [0.25, 0.3) is 10.8 Å². The van der Waals surface area contributed by atoms with Gasteiger partial charge in [0.25, 0.3) is 15.9 Å². The van der Waals surface area contributed by atoms with E-state index in [1.54, 1.807) is 18.4 Å². The topological polar surface area (TPSA) is 85.2 Å². The van der Waals surface area contributed by atoms with Gasteiger partial charge < -0.3 is 0 Å². The highest BCUT2D eigenvalue weighted by molar-refractivity contribution is 7.93. The van der Waals surface area contributed by atoms with Crippen molar-refractivity contribution >= 4 is 27.3 Å². The highest BCUT2D eigenvalue weighted by Gasteiger charge is 2.39. The Balaban J connectivity index is 2.27. The Morgan fingerprint density at radius 2 is 1.82 bits per heavy atom. The molecule has 0 aliphatic carbocycles. The van der Waals surface area contributed by atoms with Crippen LogP contribution >= 0.6 is 11.3 Å². The highest BCUT2D eigenvalue weighted by Crippen LogP contribution is 2.33. The number of aryl methyl sites for hydroxylation is 1. The van der Waals surface area contributed by atoms with E-state index in [1.165, 1.54) is 24.3 Å². The van der Waals surface area contributed by atoms with Crippen LogP contribution in [0.1, 0.15) is 18.3 Å². The summed E-state index contributed by atoms with van der Waals surface area (Å²) < 4.78 is 66.5. The second-order valence-corrected chi connectivity index (χ2v) is 8.29. The molecule has 0 saturated carbocycles. The smallest absolute Gasteiger partial charge is 0.272 e. The molecule has 2 heterocycles. The summed E-state index contributed by atoms with van der Waals surface area (Å²) in [5.74, 6) is -1.41. The molecule has 148 valence electrons. The SMILES string of the molecule is CC(=O)N(n1cc(C(F)(F)F)nc1-c1nc(C)cs1)S(=O)(=O)c1ccccc1. The molecule has 0 aliphatic heterocycles. The van der Waals surface area contributed by atoms with Gasteiger partial charge in [-0.05, 0) is 19.1 Å². The average Bonchev–Trinajstić information content (AvgIpc) is 3.21. The number of amides is 1. The van der Waals surface area contributed by atoms with Crippen molar-refractivity contribution in [1.82, 2.24) is 14.6 Å². The number of benzene rings is 1. The Morgan fingerprint density at radius 3 is 2.32 bits per heavy atom. The maximum Gasteiger partial charge on any atom is 0.434 e. The molecule has 0 unspecified atom stereocenters. The van der Waals surface area contributed by atoms with Crippen molar-refractivity contribution in [2.45, 2.75) is 24.9 Å². The summed E-state index contributed by atoms with van der Waals surface area (Å²) in [4.78, 5) is 19.5. The Hall–Kier alpha value is -2.73. The van der Waals surface area contributed by atoms with Gasteiger partial charge in [0.2, 0.25) is 0 Å². The lowest BCUT2D eigenvalue weighted by Crippen LogP contribution is -2.44. The van der Waals surface area contributed by atoms with E-state index >= 15 is 0 Å². The molecular formula is C16H13F3N4O3S2. The fraction of sp³-hybridized carbons (Fsp3) is 0.188.